The number of aromatic amines is 1. The van der Waals surface area contributed by atoms with Crippen molar-refractivity contribution in [2.75, 3.05) is 11.9 Å². The van der Waals surface area contributed by atoms with Crippen molar-refractivity contribution < 1.29 is 19.1 Å². The number of carbonyl (C=O) groups excluding carboxylic acids is 2. The van der Waals surface area contributed by atoms with Crippen LogP contribution in [0.3, 0.4) is 0 Å². The summed E-state index contributed by atoms with van der Waals surface area (Å²) in [6, 6.07) is 21.7. The Morgan fingerprint density at radius 1 is 1.00 bits per heavy atom. The molecule has 0 saturated carbocycles. The molecule has 3 aromatic carbocycles. The molecule has 1 unspecified atom stereocenters. The van der Waals surface area contributed by atoms with Crippen molar-refractivity contribution in [3.05, 3.63) is 78.4 Å². The number of anilines is 1. The molecule has 0 bridgehead atoms. The Labute approximate surface area is 185 Å². The fraction of sp³-hybridized carbons (Fsp3) is 0.160. The number of amides is 1. The molecule has 0 aliphatic heterocycles. The molecule has 1 heterocycles. The van der Waals surface area contributed by atoms with E-state index in [4.69, 9.17) is 9.47 Å². The molecule has 1 amide bonds. The zero-order valence-corrected chi connectivity index (χ0v) is 17.8. The fourth-order valence-electron chi connectivity index (χ4n) is 3.31. The Bertz CT molecular complexity index is 1230. The molecule has 7 heteroatoms. The highest BCUT2D eigenvalue weighted by Gasteiger charge is 2.23. The molecule has 2 N–H and O–H groups in total. The standard InChI is InChI=1S/C25H23N3O4/c1-3-31-22-15-9-8-14-21(22)28-24(29)16(2)32-25(30)18-11-5-4-10-17(18)23-26-19-12-6-7-13-20(19)27-23/h4-16H,3H2,1-2H3,(H,26,27)(H,28,29). The minimum Gasteiger partial charge on any atom is -0.492 e. The summed E-state index contributed by atoms with van der Waals surface area (Å²) in [5, 5.41) is 2.76. The van der Waals surface area contributed by atoms with Crippen molar-refractivity contribution in [2.45, 2.75) is 20.0 Å². The van der Waals surface area contributed by atoms with E-state index < -0.39 is 18.0 Å². The normalized spacial score (nSPS) is 11.7. The van der Waals surface area contributed by atoms with Crippen LogP contribution in [0.1, 0.15) is 24.2 Å². The van der Waals surface area contributed by atoms with Gasteiger partial charge in [0.1, 0.15) is 11.6 Å². The molecule has 162 valence electrons. The molecular weight excluding hydrogens is 406 g/mol. The second-order valence-corrected chi connectivity index (χ2v) is 7.11. The van der Waals surface area contributed by atoms with Gasteiger partial charge in [-0.2, -0.15) is 0 Å². The lowest BCUT2D eigenvalue weighted by Crippen LogP contribution is -2.30. The van der Waals surface area contributed by atoms with E-state index >= 15 is 0 Å². The second kappa shape index (κ2) is 9.34. The maximum absolute atomic E-state index is 12.9. The van der Waals surface area contributed by atoms with Gasteiger partial charge in [-0.1, -0.05) is 42.5 Å². The van der Waals surface area contributed by atoms with Crippen molar-refractivity contribution in [3.63, 3.8) is 0 Å². The number of nitrogens with zero attached hydrogens (tertiary/aromatic N) is 1. The molecule has 0 spiro atoms. The van der Waals surface area contributed by atoms with Gasteiger partial charge >= 0.3 is 5.97 Å². The van der Waals surface area contributed by atoms with Crippen molar-refractivity contribution in [2.24, 2.45) is 0 Å². The van der Waals surface area contributed by atoms with Gasteiger partial charge in [0.25, 0.3) is 5.91 Å². The van der Waals surface area contributed by atoms with Gasteiger partial charge in [-0.3, -0.25) is 4.79 Å². The number of fused-ring (bicyclic) bond motifs is 1. The highest BCUT2D eigenvalue weighted by molar-refractivity contribution is 6.01. The number of nitrogens with one attached hydrogen (secondary N) is 2. The van der Waals surface area contributed by atoms with Crippen molar-refractivity contribution in [3.8, 4) is 17.1 Å². The SMILES string of the molecule is CCOc1ccccc1NC(=O)C(C)OC(=O)c1ccccc1-c1nc2ccccc2[nH]1. The molecular formula is C25H23N3O4. The van der Waals surface area contributed by atoms with Crippen LogP contribution >= 0.6 is 0 Å². The van der Waals surface area contributed by atoms with Crippen LogP contribution < -0.4 is 10.1 Å². The summed E-state index contributed by atoms with van der Waals surface area (Å²) in [6.07, 6.45) is -1.01. The van der Waals surface area contributed by atoms with E-state index in [0.717, 1.165) is 11.0 Å². The van der Waals surface area contributed by atoms with E-state index in [2.05, 4.69) is 15.3 Å². The summed E-state index contributed by atoms with van der Waals surface area (Å²) < 4.78 is 11.0. The maximum Gasteiger partial charge on any atom is 0.339 e. The van der Waals surface area contributed by atoms with E-state index in [1.807, 2.05) is 43.3 Å². The van der Waals surface area contributed by atoms with Crippen LogP contribution in [0.5, 0.6) is 5.75 Å². The van der Waals surface area contributed by atoms with Crippen molar-refractivity contribution >= 4 is 28.6 Å². The minimum atomic E-state index is -1.01. The molecule has 0 aliphatic rings. The lowest BCUT2D eigenvalue weighted by Gasteiger charge is -2.16. The first-order valence-electron chi connectivity index (χ1n) is 10.3. The number of aromatic nitrogens is 2. The van der Waals surface area contributed by atoms with Gasteiger partial charge in [-0.25, -0.2) is 9.78 Å². The largest absolute Gasteiger partial charge is 0.492 e. The lowest BCUT2D eigenvalue weighted by atomic mass is 10.1. The van der Waals surface area contributed by atoms with E-state index in [1.54, 1.807) is 36.4 Å². The number of hydrogen-bond acceptors (Lipinski definition) is 5. The van der Waals surface area contributed by atoms with E-state index in [9.17, 15) is 9.59 Å². The number of esters is 1. The summed E-state index contributed by atoms with van der Waals surface area (Å²) in [5.74, 6) is 0.0483. The monoisotopic (exact) mass is 429 g/mol. The Morgan fingerprint density at radius 2 is 1.72 bits per heavy atom. The van der Waals surface area contributed by atoms with Gasteiger partial charge in [0.2, 0.25) is 0 Å². The first-order valence-corrected chi connectivity index (χ1v) is 10.3. The number of ether oxygens (including phenoxy) is 2. The zero-order valence-electron chi connectivity index (χ0n) is 17.8. The lowest BCUT2D eigenvalue weighted by molar-refractivity contribution is -0.123. The summed E-state index contributed by atoms with van der Waals surface area (Å²) in [5.41, 5.74) is 3.10. The van der Waals surface area contributed by atoms with Crippen molar-refractivity contribution in [1.82, 2.24) is 9.97 Å². The Balaban J connectivity index is 1.51. The third kappa shape index (κ3) is 4.46. The average molecular weight is 429 g/mol. The summed E-state index contributed by atoms with van der Waals surface area (Å²) in [4.78, 5) is 33.4. The number of H-pyrrole nitrogens is 1. The van der Waals surface area contributed by atoms with E-state index in [0.29, 0.717) is 35.0 Å². The Morgan fingerprint density at radius 3 is 2.53 bits per heavy atom. The highest BCUT2D eigenvalue weighted by atomic mass is 16.5. The molecule has 7 nitrogen and oxygen atoms in total. The van der Waals surface area contributed by atoms with E-state index in [1.165, 1.54) is 6.92 Å². The van der Waals surface area contributed by atoms with Gasteiger partial charge in [0, 0.05) is 5.56 Å². The minimum absolute atomic E-state index is 0.320. The number of hydrogen-bond donors (Lipinski definition) is 2. The molecule has 1 atom stereocenters. The smallest absolute Gasteiger partial charge is 0.339 e. The first kappa shape index (κ1) is 21.1. The highest BCUT2D eigenvalue weighted by Crippen LogP contribution is 2.26. The molecule has 0 saturated heterocycles. The number of rotatable bonds is 7. The maximum atomic E-state index is 12.9. The summed E-state index contributed by atoms with van der Waals surface area (Å²) in [7, 11) is 0. The number of benzene rings is 3. The van der Waals surface area contributed by atoms with Crippen LogP contribution in [-0.2, 0) is 9.53 Å². The molecule has 1 aromatic heterocycles. The molecule has 4 rings (SSSR count). The number of carbonyl (C=O) groups is 2. The van der Waals surface area contributed by atoms with Crippen LogP contribution in [0.25, 0.3) is 22.4 Å². The van der Waals surface area contributed by atoms with Gasteiger partial charge in [0.15, 0.2) is 6.10 Å². The second-order valence-electron chi connectivity index (χ2n) is 7.11. The van der Waals surface area contributed by atoms with Crippen LogP contribution in [0.4, 0.5) is 5.69 Å². The molecule has 0 fully saturated rings. The van der Waals surface area contributed by atoms with Crippen LogP contribution in [0, 0.1) is 0 Å². The number of para-hydroxylation sites is 4. The topological polar surface area (TPSA) is 93.3 Å². The quantitative estimate of drug-likeness (QED) is 0.411. The molecule has 0 radical (unpaired) electrons. The molecule has 4 aromatic rings. The van der Waals surface area contributed by atoms with Gasteiger partial charge in [-0.15, -0.1) is 0 Å². The predicted molar refractivity (Wildman–Crippen MR) is 123 cm³/mol. The number of imidazole rings is 1. The molecule has 0 aliphatic carbocycles. The van der Waals surface area contributed by atoms with Crippen LogP contribution in [-0.4, -0.2) is 34.6 Å². The average Bonchev–Trinajstić information content (AvgIpc) is 3.24. The fourth-order valence-corrected chi connectivity index (χ4v) is 3.31. The van der Waals surface area contributed by atoms with Gasteiger partial charge in [0.05, 0.1) is 28.9 Å². The predicted octanol–water partition coefficient (Wildman–Crippen LogP) is 4.81. The first-order chi connectivity index (χ1) is 15.6. The molecule has 32 heavy (non-hydrogen) atoms. The third-order valence-electron chi connectivity index (χ3n) is 4.89. The van der Waals surface area contributed by atoms with Gasteiger partial charge < -0.3 is 19.8 Å². The summed E-state index contributed by atoms with van der Waals surface area (Å²) >= 11 is 0. The summed E-state index contributed by atoms with van der Waals surface area (Å²) in [6.45, 7) is 3.86. The zero-order chi connectivity index (χ0) is 22.5. The van der Waals surface area contributed by atoms with Crippen LogP contribution in [0.15, 0.2) is 72.8 Å². The van der Waals surface area contributed by atoms with E-state index in [-0.39, 0.29) is 0 Å². The van der Waals surface area contributed by atoms with Crippen LogP contribution in [0.2, 0.25) is 0 Å². The Hall–Kier alpha value is -4.13. The third-order valence-corrected chi connectivity index (χ3v) is 4.89. The van der Waals surface area contributed by atoms with Gasteiger partial charge in [-0.05, 0) is 44.2 Å². The Kier molecular flexibility index (Phi) is 6.17. The van der Waals surface area contributed by atoms with Crippen molar-refractivity contribution in [1.29, 1.82) is 0 Å².